The Morgan fingerprint density at radius 3 is 2.75 bits per heavy atom. The molecule has 1 aromatic carbocycles. The van der Waals surface area contributed by atoms with Gasteiger partial charge in [0.05, 0.1) is 0 Å². The minimum absolute atomic E-state index is 0.143. The van der Waals surface area contributed by atoms with Crippen molar-refractivity contribution < 1.29 is 4.79 Å². The van der Waals surface area contributed by atoms with Crippen molar-refractivity contribution in [1.82, 2.24) is 9.88 Å². The van der Waals surface area contributed by atoms with Crippen LogP contribution in [-0.4, -0.2) is 17.0 Å². The Morgan fingerprint density at radius 1 is 1.25 bits per heavy atom. The molecule has 1 fully saturated rings. The number of allylic oxidation sites excluding steroid dienone is 1. The normalized spacial score (nSPS) is 15.3. The second-order valence-electron chi connectivity index (χ2n) is 6.54. The van der Waals surface area contributed by atoms with Crippen molar-refractivity contribution >= 4 is 16.7 Å². The van der Waals surface area contributed by atoms with E-state index >= 15 is 0 Å². The number of nitrogens with zero attached hydrogens (tertiary/aromatic N) is 1. The summed E-state index contributed by atoms with van der Waals surface area (Å²) in [6, 6.07) is 9.18. The molecule has 1 N–H and O–H groups in total. The van der Waals surface area contributed by atoms with Gasteiger partial charge in [0.1, 0.15) is 5.69 Å². The predicted molar refractivity (Wildman–Crippen MR) is 97.3 cm³/mol. The smallest absolute Gasteiger partial charge is 0.268 e. The Hall–Kier alpha value is -2.36. The summed E-state index contributed by atoms with van der Waals surface area (Å²) in [6.07, 6.45) is 7.80. The standard InChI is InChI=1S/C20H24N2O2/c1-2-12-22-18(13-16-10-6-7-11-17(16)20(22)24)19(23)21-14-15-8-4-3-5-9-15/h2,6-7,10-11,13,15H,1,3-5,8-9,12,14H2,(H,21,23). The number of amides is 1. The average Bonchev–Trinajstić information content (AvgIpc) is 2.63. The molecular weight excluding hydrogens is 300 g/mol. The van der Waals surface area contributed by atoms with E-state index in [1.165, 1.54) is 36.7 Å². The molecule has 0 bridgehead atoms. The highest BCUT2D eigenvalue weighted by molar-refractivity contribution is 5.96. The zero-order valence-corrected chi connectivity index (χ0v) is 14.0. The van der Waals surface area contributed by atoms with Crippen LogP contribution in [0.25, 0.3) is 10.8 Å². The van der Waals surface area contributed by atoms with Gasteiger partial charge in [-0.1, -0.05) is 43.5 Å². The maximum atomic E-state index is 12.7. The summed E-state index contributed by atoms with van der Waals surface area (Å²) in [5, 5.41) is 4.45. The first-order valence-corrected chi connectivity index (χ1v) is 8.72. The quantitative estimate of drug-likeness (QED) is 0.856. The number of carbonyl (C=O) groups is 1. The summed E-state index contributed by atoms with van der Waals surface area (Å²) in [6.45, 7) is 4.72. The van der Waals surface area contributed by atoms with Gasteiger partial charge < -0.3 is 5.32 Å². The molecule has 4 nitrogen and oxygen atoms in total. The number of hydrogen-bond donors (Lipinski definition) is 1. The highest BCUT2D eigenvalue weighted by Crippen LogP contribution is 2.23. The van der Waals surface area contributed by atoms with E-state index in [9.17, 15) is 9.59 Å². The van der Waals surface area contributed by atoms with Crippen molar-refractivity contribution in [3.05, 3.63) is 59.0 Å². The molecule has 0 unspecified atom stereocenters. The van der Waals surface area contributed by atoms with Crippen LogP contribution < -0.4 is 10.9 Å². The summed E-state index contributed by atoms with van der Waals surface area (Å²) in [4.78, 5) is 25.4. The molecule has 1 aliphatic rings. The van der Waals surface area contributed by atoms with Gasteiger partial charge >= 0.3 is 0 Å². The molecule has 1 aliphatic carbocycles. The Bertz CT molecular complexity index is 801. The molecule has 0 saturated heterocycles. The predicted octanol–water partition coefficient (Wildman–Crippen LogP) is 3.50. The zero-order valence-electron chi connectivity index (χ0n) is 14.0. The summed E-state index contributed by atoms with van der Waals surface area (Å²) >= 11 is 0. The molecule has 0 aliphatic heterocycles. The number of hydrogen-bond acceptors (Lipinski definition) is 2. The molecule has 1 aromatic heterocycles. The molecule has 2 aromatic rings. The fourth-order valence-electron chi connectivity index (χ4n) is 3.51. The summed E-state index contributed by atoms with van der Waals surface area (Å²) in [7, 11) is 0. The van der Waals surface area contributed by atoms with Crippen LogP contribution >= 0.6 is 0 Å². The van der Waals surface area contributed by atoms with E-state index in [0.29, 0.717) is 30.1 Å². The van der Waals surface area contributed by atoms with Crippen molar-refractivity contribution in [3.63, 3.8) is 0 Å². The highest BCUT2D eigenvalue weighted by atomic mass is 16.2. The summed E-state index contributed by atoms with van der Waals surface area (Å²) < 4.78 is 1.51. The van der Waals surface area contributed by atoms with E-state index in [1.807, 2.05) is 18.2 Å². The maximum absolute atomic E-state index is 12.7. The largest absolute Gasteiger partial charge is 0.350 e. The van der Waals surface area contributed by atoms with Gasteiger partial charge in [0.25, 0.3) is 11.5 Å². The third kappa shape index (κ3) is 3.42. The lowest BCUT2D eigenvalue weighted by Gasteiger charge is -2.22. The van der Waals surface area contributed by atoms with Crippen LogP contribution in [0.4, 0.5) is 0 Å². The molecule has 126 valence electrons. The van der Waals surface area contributed by atoms with Gasteiger partial charge in [-0.05, 0) is 36.3 Å². The van der Waals surface area contributed by atoms with Crippen LogP contribution in [0.2, 0.25) is 0 Å². The van der Waals surface area contributed by atoms with E-state index in [4.69, 9.17) is 0 Å². The Labute approximate surface area is 142 Å². The number of fused-ring (bicyclic) bond motifs is 1. The van der Waals surface area contributed by atoms with Gasteiger partial charge in [-0.2, -0.15) is 0 Å². The summed E-state index contributed by atoms with van der Waals surface area (Å²) in [5.41, 5.74) is 0.269. The molecule has 3 rings (SSSR count). The third-order valence-electron chi connectivity index (χ3n) is 4.84. The highest BCUT2D eigenvalue weighted by Gasteiger charge is 2.18. The first-order valence-electron chi connectivity index (χ1n) is 8.72. The van der Waals surface area contributed by atoms with Gasteiger partial charge in [-0.3, -0.25) is 14.2 Å². The second kappa shape index (κ2) is 7.47. The van der Waals surface area contributed by atoms with Crippen molar-refractivity contribution in [2.75, 3.05) is 6.54 Å². The van der Waals surface area contributed by atoms with Crippen molar-refractivity contribution in [2.45, 2.75) is 38.6 Å². The van der Waals surface area contributed by atoms with E-state index in [0.717, 1.165) is 5.39 Å². The van der Waals surface area contributed by atoms with Crippen LogP contribution in [0.3, 0.4) is 0 Å². The molecule has 1 saturated carbocycles. The minimum Gasteiger partial charge on any atom is -0.350 e. The van der Waals surface area contributed by atoms with E-state index in [2.05, 4.69) is 11.9 Å². The lowest BCUT2D eigenvalue weighted by atomic mass is 9.89. The molecule has 24 heavy (non-hydrogen) atoms. The van der Waals surface area contributed by atoms with E-state index < -0.39 is 0 Å². The monoisotopic (exact) mass is 324 g/mol. The minimum atomic E-state index is -0.176. The lowest BCUT2D eigenvalue weighted by molar-refractivity contribution is 0.0933. The lowest BCUT2D eigenvalue weighted by Crippen LogP contribution is -2.35. The number of nitrogens with one attached hydrogen (secondary N) is 1. The van der Waals surface area contributed by atoms with Gasteiger partial charge in [0.2, 0.25) is 0 Å². The topological polar surface area (TPSA) is 51.1 Å². The van der Waals surface area contributed by atoms with E-state index in [1.54, 1.807) is 18.2 Å². The summed E-state index contributed by atoms with van der Waals surface area (Å²) in [5.74, 6) is 0.382. The zero-order chi connectivity index (χ0) is 16.9. The Morgan fingerprint density at radius 2 is 2.00 bits per heavy atom. The van der Waals surface area contributed by atoms with Crippen molar-refractivity contribution in [2.24, 2.45) is 5.92 Å². The third-order valence-corrected chi connectivity index (χ3v) is 4.84. The second-order valence-corrected chi connectivity index (χ2v) is 6.54. The van der Waals surface area contributed by atoms with Gasteiger partial charge in [0, 0.05) is 18.5 Å². The number of carbonyl (C=O) groups excluding carboxylic acids is 1. The molecule has 0 radical (unpaired) electrons. The average molecular weight is 324 g/mol. The first-order chi connectivity index (χ1) is 11.7. The molecule has 1 heterocycles. The molecule has 4 heteroatoms. The molecule has 0 spiro atoms. The molecular formula is C20H24N2O2. The van der Waals surface area contributed by atoms with E-state index in [-0.39, 0.29) is 11.5 Å². The molecule has 0 atom stereocenters. The first kappa shape index (κ1) is 16.5. The van der Waals surface area contributed by atoms with Gasteiger partial charge in [-0.25, -0.2) is 0 Å². The Balaban J connectivity index is 1.88. The number of benzene rings is 1. The molecule has 1 amide bonds. The SMILES string of the molecule is C=CCn1c(C(=O)NCC2CCCCC2)cc2ccccc2c1=O. The van der Waals surface area contributed by atoms with Crippen molar-refractivity contribution in [1.29, 1.82) is 0 Å². The fraction of sp³-hybridized carbons (Fsp3) is 0.400. The van der Waals surface area contributed by atoms with Gasteiger partial charge in [0.15, 0.2) is 0 Å². The number of rotatable bonds is 5. The maximum Gasteiger partial charge on any atom is 0.268 e. The van der Waals surface area contributed by atoms with Gasteiger partial charge in [-0.15, -0.1) is 6.58 Å². The van der Waals surface area contributed by atoms with Crippen LogP contribution in [0.15, 0.2) is 47.8 Å². The van der Waals surface area contributed by atoms with Crippen LogP contribution in [0, 0.1) is 5.92 Å². The number of pyridine rings is 1. The fourth-order valence-corrected chi connectivity index (χ4v) is 3.51. The number of aromatic nitrogens is 1. The Kier molecular flexibility index (Phi) is 5.14. The van der Waals surface area contributed by atoms with Crippen LogP contribution in [-0.2, 0) is 6.54 Å². The van der Waals surface area contributed by atoms with Crippen LogP contribution in [0.1, 0.15) is 42.6 Å². The van der Waals surface area contributed by atoms with Crippen LogP contribution in [0.5, 0.6) is 0 Å². The van der Waals surface area contributed by atoms with Crippen molar-refractivity contribution in [3.8, 4) is 0 Å².